The Labute approximate surface area is 185 Å². The molecule has 0 spiro atoms. The van der Waals surface area contributed by atoms with Gasteiger partial charge in [-0.25, -0.2) is 9.67 Å². The number of pyridine rings is 1. The summed E-state index contributed by atoms with van der Waals surface area (Å²) in [7, 11) is 0. The van der Waals surface area contributed by atoms with Gasteiger partial charge in [0.05, 0.1) is 17.3 Å². The number of anilines is 2. The summed E-state index contributed by atoms with van der Waals surface area (Å²) < 4.78 is 49.1. The predicted octanol–water partition coefficient (Wildman–Crippen LogP) is 3.56. The summed E-state index contributed by atoms with van der Waals surface area (Å²) in [6, 6.07) is 6.30. The number of nitrogens with zero attached hydrogens (tertiary/aromatic N) is 5. The molecule has 0 aliphatic heterocycles. The molecule has 5 rings (SSSR count). The lowest BCUT2D eigenvalue weighted by atomic mass is 10.1. The first-order valence-electron chi connectivity index (χ1n) is 11.2. The van der Waals surface area contributed by atoms with Gasteiger partial charge in [0, 0.05) is 39.5 Å². The van der Waals surface area contributed by atoms with Crippen LogP contribution in [0.5, 0.6) is 0 Å². The van der Waals surface area contributed by atoms with Crippen molar-refractivity contribution in [3.05, 3.63) is 47.8 Å². The molecule has 4 aromatic rings. The number of amides is 1. The quantitative estimate of drug-likeness (QED) is 0.475. The largest absolute Gasteiger partial charge is 0.371 e. The number of fused-ring (bicyclic) bond motifs is 2. The van der Waals surface area contributed by atoms with Crippen LogP contribution in [0.25, 0.3) is 21.8 Å². The van der Waals surface area contributed by atoms with Crippen LogP contribution in [-0.2, 0) is 4.79 Å². The fraction of sp³-hybridized carbons (Fsp3) is 0.227. The van der Waals surface area contributed by atoms with Crippen molar-refractivity contribution in [1.82, 2.24) is 25.0 Å². The van der Waals surface area contributed by atoms with Gasteiger partial charge in [-0.3, -0.25) is 4.79 Å². The van der Waals surface area contributed by atoms with Crippen molar-refractivity contribution in [3.8, 4) is 11.8 Å². The molecule has 160 valence electrons. The van der Waals surface area contributed by atoms with Crippen LogP contribution in [0.2, 0.25) is 0 Å². The van der Waals surface area contributed by atoms with Gasteiger partial charge in [-0.2, -0.15) is 13.9 Å². The van der Waals surface area contributed by atoms with E-state index in [2.05, 4.69) is 42.8 Å². The molecule has 1 saturated carbocycles. The molecule has 1 aromatic carbocycles. The average molecular weight is 436 g/mol. The molecule has 1 fully saturated rings. The number of hydrogen-bond acceptors (Lipinski definition) is 6. The van der Waals surface area contributed by atoms with E-state index in [1.54, 1.807) is 18.2 Å². The first-order valence-corrected chi connectivity index (χ1v) is 9.71. The summed E-state index contributed by atoms with van der Waals surface area (Å²) in [5.74, 6) is 5.94. The van der Waals surface area contributed by atoms with Gasteiger partial charge >= 0.3 is 6.55 Å². The molecule has 3 heterocycles. The van der Waals surface area contributed by atoms with E-state index in [9.17, 15) is 13.6 Å². The topological polar surface area (TPSA) is 97.6 Å². The van der Waals surface area contributed by atoms with Crippen LogP contribution in [0, 0.1) is 17.8 Å². The molecule has 8 nitrogen and oxygen atoms in total. The van der Waals surface area contributed by atoms with Crippen molar-refractivity contribution >= 4 is 39.3 Å². The third kappa shape index (κ3) is 3.69. The highest BCUT2D eigenvalue weighted by molar-refractivity contribution is 5.97. The molecule has 0 bridgehead atoms. The van der Waals surface area contributed by atoms with E-state index in [4.69, 9.17) is 4.11 Å². The Morgan fingerprint density at radius 1 is 1.25 bits per heavy atom. The van der Waals surface area contributed by atoms with E-state index < -0.39 is 13.5 Å². The predicted molar refractivity (Wildman–Crippen MR) is 115 cm³/mol. The minimum absolute atomic E-state index is 0.000970. The van der Waals surface area contributed by atoms with Crippen LogP contribution < -0.4 is 10.6 Å². The molecule has 0 saturated heterocycles. The lowest BCUT2D eigenvalue weighted by Gasteiger charge is -2.08. The fourth-order valence-electron chi connectivity index (χ4n) is 3.28. The molecule has 1 aliphatic rings. The van der Waals surface area contributed by atoms with E-state index >= 15 is 0 Å². The highest BCUT2D eigenvalue weighted by Gasteiger charge is 2.30. The monoisotopic (exact) mass is 436 g/mol. The Kier molecular flexibility index (Phi) is 4.06. The molecular formula is C22H17F2N7O. The van der Waals surface area contributed by atoms with E-state index in [1.807, 2.05) is 0 Å². The normalized spacial score (nSPS) is 15.0. The zero-order chi connectivity index (χ0) is 24.7. The minimum Gasteiger partial charge on any atom is -0.371 e. The van der Waals surface area contributed by atoms with Gasteiger partial charge in [0.25, 0.3) is 0 Å². The Morgan fingerprint density at radius 2 is 2.12 bits per heavy atom. The number of nitrogens with one attached hydrogen (secondary N) is 2. The van der Waals surface area contributed by atoms with Gasteiger partial charge in [-0.1, -0.05) is 11.8 Å². The maximum Gasteiger partial charge on any atom is 0.333 e. The highest BCUT2D eigenvalue weighted by atomic mass is 19.3. The molecule has 2 N–H and O–H groups in total. The molecule has 10 heteroatoms. The lowest BCUT2D eigenvalue weighted by molar-refractivity contribution is -0.117. The maximum absolute atomic E-state index is 13.0. The highest BCUT2D eigenvalue weighted by Crippen LogP contribution is 2.30. The van der Waals surface area contributed by atoms with Crippen LogP contribution >= 0.6 is 0 Å². The first kappa shape index (κ1) is 16.5. The third-order valence-electron chi connectivity index (χ3n) is 5.07. The summed E-state index contributed by atoms with van der Waals surface area (Å²) in [5, 5.41) is 17.8. The van der Waals surface area contributed by atoms with E-state index in [1.165, 1.54) is 18.5 Å². The van der Waals surface area contributed by atoms with Crippen LogP contribution in [-0.4, -0.2) is 37.8 Å². The molecule has 1 aliphatic carbocycles. The Morgan fingerprint density at radius 3 is 2.91 bits per heavy atom. The number of hydrogen-bond donors (Lipinski definition) is 2. The van der Waals surface area contributed by atoms with Crippen molar-refractivity contribution in [2.24, 2.45) is 5.92 Å². The zero-order valence-electron chi connectivity index (χ0n) is 19.4. The lowest BCUT2D eigenvalue weighted by Crippen LogP contribution is -2.15. The number of carbonyl (C=O) groups excluding carboxylic acids is 1. The van der Waals surface area contributed by atoms with Crippen LogP contribution in [0.15, 0.2) is 36.7 Å². The average Bonchev–Trinajstić information content (AvgIpc) is 3.56. The van der Waals surface area contributed by atoms with Gasteiger partial charge in [0.2, 0.25) is 5.91 Å². The number of halogens is 2. The van der Waals surface area contributed by atoms with Gasteiger partial charge in [0.15, 0.2) is 11.6 Å². The molecular weight excluding hydrogens is 416 g/mol. The molecule has 0 radical (unpaired) electrons. The molecule has 0 unspecified atom stereocenters. The first-order chi connectivity index (χ1) is 16.7. The van der Waals surface area contributed by atoms with Crippen LogP contribution in [0.3, 0.4) is 0 Å². The second-order valence-electron chi connectivity index (χ2n) is 7.29. The SMILES string of the molecule is [2H]C([2H])([2H])Nc1ncc(C#Cc2ccc3c(cnn3C(F)F)c2)c2cc(NC(=O)C3CC3)nnc12. The summed E-state index contributed by atoms with van der Waals surface area (Å²) in [5.41, 5.74) is 1.42. The van der Waals surface area contributed by atoms with Gasteiger partial charge in [-0.15, -0.1) is 10.2 Å². The number of aromatic nitrogens is 5. The summed E-state index contributed by atoms with van der Waals surface area (Å²) in [6.45, 7) is -5.26. The molecule has 0 atom stereocenters. The zero-order valence-corrected chi connectivity index (χ0v) is 16.4. The second kappa shape index (κ2) is 7.85. The Hall–Kier alpha value is -4.13. The van der Waals surface area contributed by atoms with Crippen LogP contribution in [0.1, 0.15) is 34.6 Å². The van der Waals surface area contributed by atoms with Gasteiger partial charge < -0.3 is 10.6 Å². The van der Waals surface area contributed by atoms with Gasteiger partial charge in [-0.05, 0) is 37.1 Å². The van der Waals surface area contributed by atoms with Crippen molar-refractivity contribution in [2.75, 3.05) is 17.6 Å². The fourth-order valence-corrected chi connectivity index (χ4v) is 3.28. The third-order valence-corrected chi connectivity index (χ3v) is 5.07. The van der Waals surface area contributed by atoms with E-state index in [0.717, 1.165) is 12.8 Å². The molecule has 1 amide bonds. The number of carbonyl (C=O) groups is 1. The smallest absolute Gasteiger partial charge is 0.333 e. The van der Waals surface area contributed by atoms with Gasteiger partial charge in [0.1, 0.15) is 5.52 Å². The Bertz CT molecular complexity index is 1520. The van der Waals surface area contributed by atoms with Crippen molar-refractivity contribution in [3.63, 3.8) is 0 Å². The molecule has 3 aromatic heterocycles. The number of benzene rings is 1. The number of rotatable bonds is 4. The number of alkyl halides is 2. The molecule has 32 heavy (non-hydrogen) atoms. The summed E-state index contributed by atoms with van der Waals surface area (Å²) in [6.07, 6.45) is 4.37. The van der Waals surface area contributed by atoms with Crippen molar-refractivity contribution in [2.45, 2.75) is 19.4 Å². The van der Waals surface area contributed by atoms with E-state index in [0.29, 0.717) is 26.6 Å². The standard InChI is InChI=1S/C22H17F2N7O/c1-25-20-19-16(9-18(29-30-19)28-21(32)13-5-6-13)14(10-26-20)4-2-12-3-7-17-15(8-12)11-27-31(17)22(23)24/h3,7-11,13,22H,5-6H2,1H3,(H,25,26)(H,28,29,32)/i1D3. The summed E-state index contributed by atoms with van der Waals surface area (Å²) in [4.78, 5) is 16.3. The Balaban J connectivity index is 1.54. The van der Waals surface area contributed by atoms with Crippen molar-refractivity contribution in [1.29, 1.82) is 0 Å². The maximum atomic E-state index is 13.0. The van der Waals surface area contributed by atoms with E-state index in [-0.39, 0.29) is 34.5 Å². The van der Waals surface area contributed by atoms with Crippen molar-refractivity contribution < 1.29 is 17.7 Å². The van der Waals surface area contributed by atoms with Crippen LogP contribution in [0.4, 0.5) is 20.4 Å². The second-order valence-corrected chi connectivity index (χ2v) is 7.29. The summed E-state index contributed by atoms with van der Waals surface area (Å²) >= 11 is 0. The minimum atomic E-state index is -2.75.